The minimum Gasteiger partial charge on any atom is -0.366 e. The van der Waals surface area contributed by atoms with Crippen molar-refractivity contribution in [2.24, 2.45) is 11.7 Å². The van der Waals surface area contributed by atoms with Gasteiger partial charge in [-0.25, -0.2) is 0 Å². The van der Waals surface area contributed by atoms with Crippen LogP contribution in [0.1, 0.15) is 39.1 Å². The average Bonchev–Trinajstić information content (AvgIpc) is 2.63. The highest BCUT2D eigenvalue weighted by Crippen LogP contribution is 2.23. The van der Waals surface area contributed by atoms with Gasteiger partial charge in [0.2, 0.25) is 5.91 Å². The van der Waals surface area contributed by atoms with Gasteiger partial charge in [0, 0.05) is 24.2 Å². The molecule has 1 fully saturated rings. The van der Waals surface area contributed by atoms with E-state index in [-0.39, 0.29) is 5.91 Å². The number of piperidine rings is 1. The van der Waals surface area contributed by atoms with E-state index >= 15 is 0 Å². The van der Waals surface area contributed by atoms with Gasteiger partial charge in [0.1, 0.15) is 0 Å². The Hall–Kier alpha value is -2.62. The van der Waals surface area contributed by atoms with E-state index in [1.165, 1.54) is 5.56 Å². The van der Waals surface area contributed by atoms with Crippen molar-refractivity contribution in [2.45, 2.75) is 19.3 Å². The van der Waals surface area contributed by atoms with Gasteiger partial charge >= 0.3 is 0 Å². The van der Waals surface area contributed by atoms with Crippen molar-refractivity contribution in [1.82, 2.24) is 4.90 Å². The molecule has 2 amide bonds. The molecule has 4 heteroatoms. The van der Waals surface area contributed by atoms with E-state index in [9.17, 15) is 9.59 Å². The molecule has 0 unspecified atom stereocenters. The second kappa shape index (κ2) is 7.30. The topological polar surface area (TPSA) is 63.4 Å². The molecule has 4 nitrogen and oxygen atoms in total. The number of carbonyl (C=O) groups is 2. The molecule has 1 heterocycles. The molecule has 24 heavy (non-hydrogen) atoms. The Balaban J connectivity index is 1.56. The molecule has 0 bridgehead atoms. The molecule has 3 rings (SSSR count). The summed E-state index contributed by atoms with van der Waals surface area (Å²) in [5.74, 6) is 0.189. The van der Waals surface area contributed by atoms with Crippen LogP contribution in [0, 0.1) is 5.92 Å². The molecule has 124 valence electrons. The Kier molecular flexibility index (Phi) is 4.94. The number of nitrogens with two attached hydrogens (primary N) is 1. The van der Waals surface area contributed by atoms with Crippen LogP contribution in [0.5, 0.6) is 0 Å². The largest absolute Gasteiger partial charge is 0.366 e. The summed E-state index contributed by atoms with van der Waals surface area (Å²) in [5, 5.41) is 0. The first-order valence-corrected chi connectivity index (χ1v) is 8.36. The standard InChI is InChI=1S/C20H22N2O2/c21-19(23)17-6-8-18(9-7-17)20(24)22-12-10-16(11-13-22)14-15-4-2-1-3-5-15/h1-9,16H,10-14H2,(H2,21,23). The first kappa shape index (κ1) is 16.2. The van der Waals surface area contributed by atoms with Crippen LogP contribution in [0.15, 0.2) is 54.6 Å². The van der Waals surface area contributed by atoms with Gasteiger partial charge in [-0.3, -0.25) is 9.59 Å². The summed E-state index contributed by atoms with van der Waals surface area (Å²) in [7, 11) is 0. The lowest BCUT2D eigenvalue weighted by atomic mass is 9.90. The van der Waals surface area contributed by atoms with E-state index in [0.29, 0.717) is 17.0 Å². The van der Waals surface area contributed by atoms with Gasteiger partial charge in [-0.2, -0.15) is 0 Å². The zero-order valence-electron chi connectivity index (χ0n) is 13.7. The molecule has 0 saturated carbocycles. The number of hydrogen-bond acceptors (Lipinski definition) is 2. The maximum absolute atomic E-state index is 12.6. The number of carbonyl (C=O) groups excluding carboxylic acids is 2. The van der Waals surface area contributed by atoms with Crippen molar-refractivity contribution in [1.29, 1.82) is 0 Å². The van der Waals surface area contributed by atoms with Crippen molar-refractivity contribution >= 4 is 11.8 Å². The Bertz CT molecular complexity index is 702. The molecule has 0 aromatic heterocycles. The van der Waals surface area contributed by atoms with E-state index in [0.717, 1.165) is 32.4 Å². The Morgan fingerprint density at radius 3 is 2.08 bits per heavy atom. The molecule has 2 N–H and O–H groups in total. The SMILES string of the molecule is NC(=O)c1ccc(C(=O)N2CCC(Cc3ccccc3)CC2)cc1. The lowest BCUT2D eigenvalue weighted by Gasteiger charge is -2.32. The number of primary amides is 1. The molecule has 2 aromatic rings. The minimum atomic E-state index is -0.476. The third-order valence-electron chi connectivity index (χ3n) is 4.69. The summed E-state index contributed by atoms with van der Waals surface area (Å²) >= 11 is 0. The zero-order chi connectivity index (χ0) is 16.9. The molecule has 1 aliphatic heterocycles. The zero-order valence-corrected chi connectivity index (χ0v) is 13.7. The predicted octanol–water partition coefficient (Wildman–Crippen LogP) is 2.88. The summed E-state index contributed by atoms with van der Waals surface area (Å²) in [6.45, 7) is 1.57. The fourth-order valence-corrected chi connectivity index (χ4v) is 3.25. The van der Waals surface area contributed by atoms with Gasteiger partial charge in [0.25, 0.3) is 5.91 Å². The quantitative estimate of drug-likeness (QED) is 0.941. The first-order valence-electron chi connectivity index (χ1n) is 8.36. The van der Waals surface area contributed by atoms with Crippen molar-refractivity contribution in [3.63, 3.8) is 0 Å². The first-order chi connectivity index (χ1) is 11.6. The van der Waals surface area contributed by atoms with Crippen LogP contribution in [0.2, 0.25) is 0 Å². The van der Waals surface area contributed by atoms with Gasteiger partial charge in [-0.1, -0.05) is 30.3 Å². The fraction of sp³-hybridized carbons (Fsp3) is 0.300. The van der Waals surface area contributed by atoms with Crippen molar-refractivity contribution in [3.05, 3.63) is 71.3 Å². The summed E-state index contributed by atoms with van der Waals surface area (Å²) in [5.41, 5.74) is 7.63. The van der Waals surface area contributed by atoms with Crippen molar-refractivity contribution in [2.75, 3.05) is 13.1 Å². The Labute approximate surface area is 142 Å². The predicted molar refractivity (Wildman–Crippen MR) is 93.7 cm³/mol. The molecular weight excluding hydrogens is 300 g/mol. The Morgan fingerprint density at radius 1 is 0.917 bits per heavy atom. The van der Waals surface area contributed by atoms with E-state index in [1.54, 1.807) is 24.3 Å². The van der Waals surface area contributed by atoms with Crippen LogP contribution < -0.4 is 5.73 Å². The van der Waals surface area contributed by atoms with Gasteiger partial charge in [-0.15, -0.1) is 0 Å². The van der Waals surface area contributed by atoms with Crippen molar-refractivity contribution in [3.8, 4) is 0 Å². The normalized spacial score (nSPS) is 15.2. The molecule has 1 aliphatic rings. The third-order valence-corrected chi connectivity index (χ3v) is 4.69. The molecular formula is C20H22N2O2. The second-order valence-corrected chi connectivity index (χ2v) is 6.37. The van der Waals surface area contributed by atoms with Gasteiger partial charge in [0.15, 0.2) is 0 Å². The van der Waals surface area contributed by atoms with Crippen LogP contribution >= 0.6 is 0 Å². The van der Waals surface area contributed by atoms with E-state index in [4.69, 9.17) is 5.73 Å². The number of nitrogens with zero attached hydrogens (tertiary/aromatic N) is 1. The smallest absolute Gasteiger partial charge is 0.253 e. The highest BCUT2D eigenvalue weighted by atomic mass is 16.2. The van der Waals surface area contributed by atoms with Gasteiger partial charge in [0.05, 0.1) is 0 Å². The maximum Gasteiger partial charge on any atom is 0.253 e. The lowest BCUT2D eigenvalue weighted by molar-refractivity contribution is 0.0690. The summed E-state index contributed by atoms with van der Waals surface area (Å²) in [6, 6.07) is 17.1. The number of rotatable bonds is 4. The molecule has 0 aliphatic carbocycles. The summed E-state index contributed by atoms with van der Waals surface area (Å²) in [4.78, 5) is 25.6. The van der Waals surface area contributed by atoms with Crippen LogP contribution in [0.25, 0.3) is 0 Å². The minimum absolute atomic E-state index is 0.0316. The van der Waals surface area contributed by atoms with Gasteiger partial charge < -0.3 is 10.6 Å². The summed E-state index contributed by atoms with van der Waals surface area (Å²) in [6.07, 6.45) is 3.14. The number of likely N-dealkylation sites (tertiary alicyclic amines) is 1. The highest BCUT2D eigenvalue weighted by Gasteiger charge is 2.23. The highest BCUT2D eigenvalue weighted by molar-refractivity contribution is 5.97. The van der Waals surface area contributed by atoms with Crippen LogP contribution in [-0.4, -0.2) is 29.8 Å². The van der Waals surface area contributed by atoms with Crippen LogP contribution in [0.4, 0.5) is 0 Å². The second-order valence-electron chi connectivity index (χ2n) is 6.37. The van der Waals surface area contributed by atoms with Crippen LogP contribution in [-0.2, 0) is 6.42 Å². The summed E-state index contributed by atoms with van der Waals surface area (Å²) < 4.78 is 0. The van der Waals surface area contributed by atoms with E-state index in [2.05, 4.69) is 24.3 Å². The van der Waals surface area contributed by atoms with Crippen molar-refractivity contribution < 1.29 is 9.59 Å². The molecule has 0 spiro atoms. The fourth-order valence-electron chi connectivity index (χ4n) is 3.25. The average molecular weight is 322 g/mol. The maximum atomic E-state index is 12.6. The number of amides is 2. The molecule has 2 aromatic carbocycles. The Morgan fingerprint density at radius 2 is 1.50 bits per heavy atom. The molecule has 1 saturated heterocycles. The number of hydrogen-bond donors (Lipinski definition) is 1. The third kappa shape index (κ3) is 3.82. The van der Waals surface area contributed by atoms with E-state index < -0.39 is 5.91 Å². The number of benzene rings is 2. The lowest BCUT2D eigenvalue weighted by Crippen LogP contribution is -2.38. The van der Waals surface area contributed by atoms with Crippen LogP contribution in [0.3, 0.4) is 0 Å². The molecule has 0 radical (unpaired) electrons. The monoisotopic (exact) mass is 322 g/mol. The van der Waals surface area contributed by atoms with Gasteiger partial charge in [-0.05, 0) is 55.0 Å². The molecule has 0 atom stereocenters. The van der Waals surface area contributed by atoms with E-state index in [1.807, 2.05) is 11.0 Å².